The van der Waals surface area contributed by atoms with Gasteiger partial charge >= 0.3 is 0 Å². The van der Waals surface area contributed by atoms with E-state index in [9.17, 15) is 18.0 Å². The van der Waals surface area contributed by atoms with E-state index in [1.54, 1.807) is 26.2 Å². The number of para-hydroxylation sites is 1. The molecule has 10 heteroatoms. The fourth-order valence-electron chi connectivity index (χ4n) is 2.57. The van der Waals surface area contributed by atoms with Crippen molar-refractivity contribution in [1.29, 1.82) is 0 Å². The fourth-order valence-corrected chi connectivity index (χ4v) is 3.67. The van der Waals surface area contributed by atoms with Crippen molar-refractivity contribution in [2.75, 3.05) is 38.6 Å². The van der Waals surface area contributed by atoms with Crippen LogP contribution in [0.3, 0.4) is 0 Å². The van der Waals surface area contributed by atoms with Crippen LogP contribution in [0.1, 0.15) is 10.4 Å². The third kappa shape index (κ3) is 4.77. The second-order valence-electron chi connectivity index (χ2n) is 6.43. The number of nitrogens with zero attached hydrogens (tertiary/aromatic N) is 1. The van der Waals surface area contributed by atoms with E-state index in [4.69, 9.17) is 9.47 Å². The predicted octanol–water partition coefficient (Wildman–Crippen LogP) is 1.08. The minimum Gasteiger partial charge on any atom is -0.486 e. The van der Waals surface area contributed by atoms with E-state index in [1.807, 2.05) is 0 Å². The summed E-state index contributed by atoms with van der Waals surface area (Å²) in [6, 6.07) is 10.4. The molecule has 9 nitrogen and oxygen atoms in total. The molecule has 1 aliphatic heterocycles. The third-order valence-electron chi connectivity index (χ3n) is 4.14. The minimum absolute atomic E-state index is 0.0280. The van der Waals surface area contributed by atoms with Gasteiger partial charge in [0.05, 0.1) is 22.7 Å². The van der Waals surface area contributed by atoms with Gasteiger partial charge in [0.2, 0.25) is 5.91 Å². The second-order valence-corrected chi connectivity index (χ2v) is 8.11. The Morgan fingerprint density at radius 1 is 1.03 bits per heavy atom. The summed E-state index contributed by atoms with van der Waals surface area (Å²) in [5, 5.41) is 2.49. The molecule has 1 aliphatic rings. The molecule has 0 radical (unpaired) electrons. The summed E-state index contributed by atoms with van der Waals surface area (Å²) >= 11 is 0. The van der Waals surface area contributed by atoms with Crippen LogP contribution in [0.15, 0.2) is 47.4 Å². The lowest BCUT2D eigenvalue weighted by Crippen LogP contribution is -2.36. The van der Waals surface area contributed by atoms with Gasteiger partial charge in [-0.05, 0) is 24.3 Å². The Kier molecular flexibility index (Phi) is 5.92. The molecule has 3 rings (SSSR count). The Labute approximate surface area is 168 Å². The number of hydrogen-bond acceptors (Lipinski definition) is 6. The van der Waals surface area contributed by atoms with Crippen LogP contribution in [0.5, 0.6) is 11.5 Å². The molecule has 0 saturated carbocycles. The van der Waals surface area contributed by atoms with Gasteiger partial charge in [0.1, 0.15) is 13.2 Å². The maximum absolute atomic E-state index is 12.8. The highest BCUT2D eigenvalue weighted by Crippen LogP contribution is 2.33. The molecular formula is C19H21N3O6S. The van der Waals surface area contributed by atoms with Crippen LogP contribution in [-0.2, 0) is 14.8 Å². The van der Waals surface area contributed by atoms with E-state index >= 15 is 0 Å². The van der Waals surface area contributed by atoms with Crippen LogP contribution in [-0.4, -0.2) is 59.0 Å². The number of hydrogen-bond donors (Lipinski definition) is 2. The van der Waals surface area contributed by atoms with Crippen molar-refractivity contribution in [2.45, 2.75) is 4.90 Å². The van der Waals surface area contributed by atoms with Gasteiger partial charge in [-0.1, -0.05) is 12.1 Å². The lowest BCUT2D eigenvalue weighted by molar-refractivity contribution is -0.127. The Hall–Kier alpha value is -3.27. The number of nitrogens with one attached hydrogen (secondary N) is 2. The summed E-state index contributed by atoms with van der Waals surface area (Å²) in [5.74, 6) is -0.0405. The quantitative estimate of drug-likeness (QED) is 0.724. The number of likely N-dealkylation sites (N-methyl/N-ethyl adjacent to an activating group) is 1. The van der Waals surface area contributed by atoms with Gasteiger partial charge in [0.25, 0.3) is 15.9 Å². The Morgan fingerprint density at radius 2 is 1.72 bits per heavy atom. The lowest BCUT2D eigenvalue weighted by Gasteiger charge is -2.19. The number of rotatable bonds is 6. The number of ether oxygens (including phenoxy) is 2. The smallest absolute Gasteiger partial charge is 0.262 e. The first-order valence-corrected chi connectivity index (χ1v) is 10.3. The molecule has 0 bridgehead atoms. The van der Waals surface area contributed by atoms with Gasteiger partial charge in [-0.3, -0.25) is 14.3 Å². The number of fused-ring (bicyclic) bond motifs is 1. The van der Waals surface area contributed by atoms with Crippen molar-refractivity contribution in [3.05, 3.63) is 48.0 Å². The molecule has 0 aliphatic carbocycles. The van der Waals surface area contributed by atoms with Crippen LogP contribution in [0, 0.1) is 0 Å². The van der Waals surface area contributed by atoms with Gasteiger partial charge in [0, 0.05) is 20.2 Å². The number of anilines is 1. The van der Waals surface area contributed by atoms with Crippen LogP contribution in [0.4, 0.5) is 5.69 Å². The van der Waals surface area contributed by atoms with E-state index in [2.05, 4.69) is 10.0 Å². The van der Waals surface area contributed by atoms with E-state index in [-0.39, 0.29) is 28.6 Å². The first kappa shape index (κ1) is 20.5. The molecule has 0 fully saturated rings. The van der Waals surface area contributed by atoms with Gasteiger partial charge in [-0.25, -0.2) is 8.42 Å². The number of carbonyl (C=O) groups is 2. The number of carbonyl (C=O) groups excluding carboxylic acids is 2. The van der Waals surface area contributed by atoms with Gasteiger partial charge in [-0.2, -0.15) is 0 Å². The average molecular weight is 419 g/mol. The molecule has 29 heavy (non-hydrogen) atoms. The Balaban J connectivity index is 1.81. The van der Waals surface area contributed by atoms with Crippen LogP contribution in [0.2, 0.25) is 0 Å². The van der Waals surface area contributed by atoms with E-state index in [1.165, 1.54) is 35.2 Å². The highest BCUT2D eigenvalue weighted by molar-refractivity contribution is 7.92. The third-order valence-corrected chi connectivity index (χ3v) is 5.50. The normalized spacial score (nSPS) is 12.8. The molecule has 2 amide bonds. The second kappa shape index (κ2) is 8.39. The highest BCUT2D eigenvalue weighted by atomic mass is 32.2. The number of sulfonamides is 1. The van der Waals surface area contributed by atoms with Crippen molar-refractivity contribution in [3.8, 4) is 11.5 Å². The molecule has 2 aromatic rings. The molecule has 0 saturated heterocycles. The van der Waals surface area contributed by atoms with Crippen molar-refractivity contribution in [2.24, 2.45) is 0 Å². The summed E-state index contributed by atoms with van der Waals surface area (Å²) in [6.07, 6.45) is 0. The Bertz CT molecular complexity index is 1040. The predicted molar refractivity (Wildman–Crippen MR) is 106 cm³/mol. The molecule has 1 heterocycles. The SMILES string of the molecule is CN(C)C(=O)CNC(=O)c1ccccc1NS(=O)(=O)c1ccc2c(c1)OCCO2. The van der Waals surface area contributed by atoms with Gasteiger partial charge in [-0.15, -0.1) is 0 Å². The maximum Gasteiger partial charge on any atom is 0.262 e. The van der Waals surface area contributed by atoms with Crippen LogP contribution in [0.25, 0.3) is 0 Å². The van der Waals surface area contributed by atoms with Crippen molar-refractivity contribution < 1.29 is 27.5 Å². The first-order valence-electron chi connectivity index (χ1n) is 8.78. The summed E-state index contributed by atoms with van der Waals surface area (Å²) in [4.78, 5) is 25.4. The molecule has 2 N–H and O–H groups in total. The first-order chi connectivity index (χ1) is 13.8. The van der Waals surface area contributed by atoms with E-state index in [0.717, 1.165) is 0 Å². The number of amides is 2. The van der Waals surface area contributed by atoms with E-state index < -0.39 is 15.9 Å². The van der Waals surface area contributed by atoms with E-state index in [0.29, 0.717) is 24.7 Å². The fraction of sp³-hybridized carbons (Fsp3) is 0.263. The zero-order valence-corrected chi connectivity index (χ0v) is 16.8. The zero-order valence-electron chi connectivity index (χ0n) is 16.0. The highest BCUT2D eigenvalue weighted by Gasteiger charge is 2.22. The zero-order chi connectivity index (χ0) is 21.0. The molecule has 2 aromatic carbocycles. The van der Waals surface area contributed by atoms with Gasteiger partial charge < -0.3 is 19.7 Å². The lowest BCUT2D eigenvalue weighted by atomic mass is 10.1. The Morgan fingerprint density at radius 3 is 2.45 bits per heavy atom. The monoisotopic (exact) mass is 419 g/mol. The van der Waals surface area contributed by atoms with Crippen molar-refractivity contribution in [3.63, 3.8) is 0 Å². The molecule has 154 valence electrons. The molecule has 0 aromatic heterocycles. The maximum atomic E-state index is 12.8. The van der Waals surface area contributed by atoms with Crippen LogP contribution < -0.4 is 19.5 Å². The summed E-state index contributed by atoms with van der Waals surface area (Å²) in [6.45, 7) is 0.532. The van der Waals surface area contributed by atoms with Crippen molar-refractivity contribution >= 4 is 27.5 Å². The van der Waals surface area contributed by atoms with Crippen molar-refractivity contribution in [1.82, 2.24) is 10.2 Å². The molecule has 0 spiro atoms. The molecule has 0 unspecified atom stereocenters. The minimum atomic E-state index is -3.99. The largest absolute Gasteiger partial charge is 0.486 e. The number of benzene rings is 2. The topological polar surface area (TPSA) is 114 Å². The standard InChI is InChI=1S/C19H21N3O6S/c1-22(2)18(23)12-20-19(24)14-5-3-4-6-15(14)21-29(25,26)13-7-8-16-17(11-13)28-10-9-27-16/h3-8,11,21H,9-10,12H2,1-2H3,(H,20,24). The van der Waals surface area contributed by atoms with Crippen LogP contribution >= 0.6 is 0 Å². The van der Waals surface area contributed by atoms with Gasteiger partial charge in [0.15, 0.2) is 11.5 Å². The summed E-state index contributed by atoms with van der Waals surface area (Å²) in [7, 11) is -0.842. The summed E-state index contributed by atoms with van der Waals surface area (Å²) in [5.41, 5.74) is 0.192. The molecule has 0 atom stereocenters. The average Bonchev–Trinajstić information content (AvgIpc) is 2.71. The summed E-state index contributed by atoms with van der Waals surface area (Å²) < 4.78 is 38.9. The molecular weight excluding hydrogens is 398 g/mol.